The third-order valence-corrected chi connectivity index (χ3v) is 4.40. The molecule has 0 saturated heterocycles. The monoisotopic (exact) mass is 395 g/mol. The molecule has 0 saturated carbocycles. The van der Waals surface area contributed by atoms with E-state index in [1.165, 1.54) is 6.92 Å². The van der Waals surface area contributed by atoms with Gasteiger partial charge in [-0.15, -0.1) is 0 Å². The van der Waals surface area contributed by atoms with E-state index >= 15 is 0 Å². The molecule has 0 spiro atoms. The van der Waals surface area contributed by atoms with Crippen molar-refractivity contribution in [1.29, 1.82) is 0 Å². The second-order valence-electron chi connectivity index (χ2n) is 7.59. The molecule has 1 atom stereocenters. The van der Waals surface area contributed by atoms with Crippen molar-refractivity contribution < 1.29 is 14.4 Å². The number of hydrogen-bond acceptors (Lipinski definition) is 3. The van der Waals surface area contributed by atoms with E-state index in [2.05, 4.69) is 16.0 Å². The summed E-state index contributed by atoms with van der Waals surface area (Å²) in [5.74, 6) is -0.658. The molecule has 0 aliphatic carbocycles. The molecule has 6 heteroatoms. The second-order valence-corrected chi connectivity index (χ2v) is 7.59. The number of hydrogen-bond donors (Lipinski definition) is 3. The van der Waals surface area contributed by atoms with Gasteiger partial charge in [-0.25, -0.2) is 0 Å². The summed E-state index contributed by atoms with van der Waals surface area (Å²) >= 11 is 0. The van der Waals surface area contributed by atoms with E-state index in [-0.39, 0.29) is 23.6 Å². The predicted octanol–water partition coefficient (Wildman–Crippen LogP) is 3.41. The molecule has 0 aliphatic rings. The highest BCUT2D eigenvalue weighted by atomic mass is 16.2. The van der Waals surface area contributed by atoms with Crippen LogP contribution in [0.15, 0.2) is 48.5 Å². The number of amides is 3. The molecular weight excluding hydrogens is 366 g/mol. The number of para-hydroxylation sites is 1. The number of rotatable bonds is 8. The maximum Gasteiger partial charge on any atom is 0.253 e. The van der Waals surface area contributed by atoms with Gasteiger partial charge in [0.25, 0.3) is 5.91 Å². The van der Waals surface area contributed by atoms with E-state index in [1.54, 1.807) is 24.3 Å². The number of benzene rings is 2. The van der Waals surface area contributed by atoms with Crippen LogP contribution in [-0.4, -0.2) is 23.8 Å². The lowest BCUT2D eigenvalue weighted by Gasteiger charge is -2.20. The summed E-state index contributed by atoms with van der Waals surface area (Å²) in [7, 11) is 0. The van der Waals surface area contributed by atoms with Crippen LogP contribution in [0.3, 0.4) is 0 Å². The van der Waals surface area contributed by atoms with Crippen molar-refractivity contribution in [3.8, 4) is 0 Å². The molecule has 0 unspecified atom stereocenters. The Morgan fingerprint density at radius 2 is 1.62 bits per heavy atom. The fourth-order valence-corrected chi connectivity index (χ4v) is 2.94. The zero-order valence-electron chi connectivity index (χ0n) is 17.4. The van der Waals surface area contributed by atoms with Crippen molar-refractivity contribution in [3.05, 3.63) is 65.2 Å². The maximum absolute atomic E-state index is 12.7. The average molecular weight is 396 g/mol. The van der Waals surface area contributed by atoms with Crippen LogP contribution in [0.25, 0.3) is 0 Å². The highest BCUT2D eigenvalue weighted by Crippen LogP contribution is 2.17. The zero-order chi connectivity index (χ0) is 21.4. The van der Waals surface area contributed by atoms with Gasteiger partial charge in [-0.05, 0) is 37.0 Å². The van der Waals surface area contributed by atoms with Crippen molar-refractivity contribution in [2.45, 2.75) is 46.7 Å². The van der Waals surface area contributed by atoms with Crippen LogP contribution >= 0.6 is 0 Å². The number of anilines is 1. The van der Waals surface area contributed by atoms with Crippen LogP contribution in [0.4, 0.5) is 5.69 Å². The van der Waals surface area contributed by atoms with Gasteiger partial charge in [0.1, 0.15) is 6.04 Å². The first-order chi connectivity index (χ1) is 13.8. The molecule has 3 N–H and O–H groups in total. The first-order valence-electron chi connectivity index (χ1n) is 9.77. The third kappa shape index (κ3) is 7.07. The fraction of sp³-hybridized carbons (Fsp3) is 0.348. The number of carbonyl (C=O) groups is 3. The third-order valence-electron chi connectivity index (χ3n) is 4.40. The lowest BCUT2D eigenvalue weighted by molar-refractivity contribution is -0.125. The molecule has 2 aromatic rings. The van der Waals surface area contributed by atoms with E-state index in [9.17, 15) is 14.4 Å². The Labute approximate surface area is 172 Å². The summed E-state index contributed by atoms with van der Waals surface area (Å²) in [4.78, 5) is 36.8. The summed E-state index contributed by atoms with van der Waals surface area (Å²) in [5.41, 5.74) is 2.94. The Kier molecular flexibility index (Phi) is 7.95. The molecule has 0 aromatic heterocycles. The maximum atomic E-state index is 12.7. The zero-order valence-corrected chi connectivity index (χ0v) is 17.4. The van der Waals surface area contributed by atoms with Gasteiger partial charge in [0, 0.05) is 13.5 Å². The van der Waals surface area contributed by atoms with Gasteiger partial charge in [-0.1, -0.05) is 55.8 Å². The molecule has 6 nitrogen and oxygen atoms in total. The van der Waals surface area contributed by atoms with E-state index < -0.39 is 6.04 Å². The van der Waals surface area contributed by atoms with E-state index in [0.29, 0.717) is 24.2 Å². The normalized spacial score (nSPS) is 11.6. The Morgan fingerprint density at radius 3 is 2.24 bits per heavy atom. The fourth-order valence-electron chi connectivity index (χ4n) is 2.94. The second kappa shape index (κ2) is 10.4. The van der Waals surface area contributed by atoms with Gasteiger partial charge in [-0.3, -0.25) is 14.4 Å². The van der Waals surface area contributed by atoms with Crippen LogP contribution in [0.5, 0.6) is 0 Å². The molecule has 2 rings (SSSR count). The highest BCUT2D eigenvalue weighted by molar-refractivity contribution is 6.05. The molecule has 0 aliphatic heterocycles. The molecule has 0 fully saturated rings. The topological polar surface area (TPSA) is 87.3 Å². The van der Waals surface area contributed by atoms with E-state index in [0.717, 1.165) is 11.1 Å². The van der Waals surface area contributed by atoms with Crippen LogP contribution in [0.1, 0.15) is 48.7 Å². The first kappa shape index (κ1) is 22.1. The first-order valence-corrected chi connectivity index (χ1v) is 9.77. The van der Waals surface area contributed by atoms with Crippen molar-refractivity contribution in [3.63, 3.8) is 0 Å². The van der Waals surface area contributed by atoms with E-state index in [1.807, 2.05) is 45.0 Å². The quantitative estimate of drug-likeness (QED) is 0.640. The lowest BCUT2D eigenvalue weighted by Crippen LogP contribution is -2.44. The van der Waals surface area contributed by atoms with E-state index in [4.69, 9.17) is 0 Å². The summed E-state index contributed by atoms with van der Waals surface area (Å²) < 4.78 is 0. The number of nitrogens with one attached hydrogen (secondary N) is 3. The average Bonchev–Trinajstić information content (AvgIpc) is 2.66. The number of aryl methyl sites for hydroxylation is 1. The van der Waals surface area contributed by atoms with Crippen LogP contribution in [0.2, 0.25) is 0 Å². The van der Waals surface area contributed by atoms with Gasteiger partial charge in [-0.2, -0.15) is 0 Å². The summed E-state index contributed by atoms with van der Waals surface area (Å²) in [6.07, 6.45) is 0.507. The van der Waals surface area contributed by atoms with Crippen LogP contribution in [0, 0.1) is 12.8 Å². The van der Waals surface area contributed by atoms with Gasteiger partial charge in [0.15, 0.2) is 0 Å². The molecule has 0 bridgehead atoms. The number of carbonyl (C=O) groups excluding carboxylic acids is 3. The Bertz CT molecular complexity index is 860. The smallest absolute Gasteiger partial charge is 0.253 e. The molecule has 0 heterocycles. The Hall–Kier alpha value is -3.15. The van der Waals surface area contributed by atoms with Crippen molar-refractivity contribution in [1.82, 2.24) is 10.6 Å². The summed E-state index contributed by atoms with van der Waals surface area (Å²) in [6.45, 7) is 7.74. The predicted molar refractivity (Wildman–Crippen MR) is 114 cm³/mol. The molecule has 154 valence electrons. The van der Waals surface area contributed by atoms with Gasteiger partial charge in [0.05, 0.1) is 11.3 Å². The van der Waals surface area contributed by atoms with Gasteiger partial charge in [0.2, 0.25) is 11.8 Å². The minimum absolute atomic E-state index is 0.227. The van der Waals surface area contributed by atoms with Crippen molar-refractivity contribution in [2.75, 3.05) is 5.32 Å². The SMILES string of the molecule is CC(=O)N[C@@H](CC(C)C)C(=O)Nc1ccccc1C(=O)NCc1ccc(C)cc1. The molecule has 29 heavy (non-hydrogen) atoms. The molecule has 3 amide bonds. The van der Waals surface area contributed by atoms with Crippen molar-refractivity contribution in [2.24, 2.45) is 5.92 Å². The molecular formula is C23H29N3O3. The largest absolute Gasteiger partial charge is 0.348 e. The minimum atomic E-state index is -0.656. The van der Waals surface area contributed by atoms with Crippen molar-refractivity contribution >= 4 is 23.4 Å². The standard InChI is InChI=1S/C23H29N3O3/c1-15(2)13-21(25-17(4)27)23(29)26-20-8-6-5-7-19(20)22(28)24-14-18-11-9-16(3)10-12-18/h5-12,15,21H,13-14H2,1-4H3,(H,24,28)(H,25,27)(H,26,29)/t21-/m0/s1. The van der Waals surface area contributed by atoms with Crippen LogP contribution < -0.4 is 16.0 Å². The molecule has 0 radical (unpaired) electrons. The molecule has 2 aromatic carbocycles. The van der Waals surface area contributed by atoms with Gasteiger partial charge < -0.3 is 16.0 Å². The summed E-state index contributed by atoms with van der Waals surface area (Å²) in [6, 6.07) is 14.1. The highest BCUT2D eigenvalue weighted by Gasteiger charge is 2.22. The Morgan fingerprint density at radius 1 is 0.966 bits per heavy atom. The van der Waals surface area contributed by atoms with Gasteiger partial charge >= 0.3 is 0 Å². The summed E-state index contributed by atoms with van der Waals surface area (Å²) in [5, 5.41) is 8.36. The minimum Gasteiger partial charge on any atom is -0.348 e. The Balaban J connectivity index is 2.09. The van der Waals surface area contributed by atoms with Crippen LogP contribution in [-0.2, 0) is 16.1 Å². The lowest BCUT2D eigenvalue weighted by atomic mass is 10.0.